The van der Waals surface area contributed by atoms with Crippen LogP contribution in [0.2, 0.25) is 0 Å². The number of imidazole rings is 3. The van der Waals surface area contributed by atoms with Crippen molar-refractivity contribution < 1.29 is 141 Å². The molecule has 6 saturated heterocycles. The van der Waals surface area contributed by atoms with Gasteiger partial charge in [-0.05, 0) is 60.8 Å². The molecule has 0 bridgehead atoms. The molecule has 12 rings (SSSR count). The number of amides is 3. The highest BCUT2D eigenvalue weighted by molar-refractivity contribution is 8.14. The van der Waals surface area contributed by atoms with Crippen LogP contribution in [-0.4, -0.2) is 279 Å². The Hall–Kier alpha value is -7.59. The average molecular weight is 1860 g/mol. The highest BCUT2D eigenvalue weighted by Crippen LogP contribution is 2.62. The molecule has 0 spiro atoms. The maximum Gasteiger partial charge on any atom is 0.475 e. The van der Waals surface area contributed by atoms with E-state index in [1.807, 2.05) is 0 Å². The lowest BCUT2D eigenvalue weighted by molar-refractivity contribution is -0.119. The Morgan fingerprint density at radius 1 is 0.463 bits per heavy atom. The molecule has 15 atom stereocenters. The molecule has 6 aliphatic rings. The van der Waals surface area contributed by atoms with Gasteiger partial charge < -0.3 is 91.1 Å². The predicted octanol–water partition coefficient (Wildman–Crippen LogP) is 6.08. The fourth-order valence-corrected chi connectivity index (χ4v) is 20.5. The minimum absolute atomic E-state index is 0.0586. The van der Waals surface area contributed by atoms with Crippen molar-refractivity contribution >= 4 is 144 Å². The number of methoxy groups -OCH3 is 3. The first kappa shape index (κ1) is 97.6. The number of aliphatic hydroxyl groups is 3. The summed E-state index contributed by atoms with van der Waals surface area (Å²) in [6.07, 6.45) is -4.92. The van der Waals surface area contributed by atoms with Crippen molar-refractivity contribution in [3.8, 4) is 17.6 Å². The van der Waals surface area contributed by atoms with Gasteiger partial charge in [0.2, 0.25) is 35.5 Å². The van der Waals surface area contributed by atoms with Crippen LogP contribution < -0.4 is 47.4 Å². The Labute approximate surface area is 718 Å². The molecule has 12 N–H and O–H groups in total. The Balaban J connectivity index is 0.000000193. The monoisotopic (exact) mass is 1850 g/mol. The normalized spacial score (nSPS) is 27.9. The van der Waals surface area contributed by atoms with Gasteiger partial charge in [-0.25, -0.2) is 43.0 Å². The molecular formula is C69H105N18O30P3S3. The third-order valence-corrected chi connectivity index (χ3v) is 27.8. The summed E-state index contributed by atoms with van der Waals surface area (Å²) >= 11 is 3.02. The maximum atomic E-state index is 13.2. The van der Waals surface area contributed by atoms with E-state index in [4.69, 9.17) is 101 Å². The molecule has 6 aromatic rings. The van der Waals surface area contributed by atoms with E-state index in [1.54, 1.807) is 62.3 Å². The van der Waals surface area contributed by atoms with Crippen LogP contribution in [0, 0.1) is 16.2 Å². The Bertz CT molecular complexity index is 4440. The zero-order chi connectivity index (χ0) is 90.0. The van der Waals surface area contributed by atoms with Crippen LogP contribution >= 0.6 is 58.8 Å². The maximum absolute atomic E-state index is 13.2. The molecule has 48 nitrogen and oxygen atoms in total. The molecule has 0 aromatic carbocycles. The number of phosphoric acid groups is 3. The Kier molecular flexibility index (Phi) is 32.2. The number of anilines is 3. The van der Waals surface area contributed by atoms with Crippen molar-refractivity contribution in [3.05, 3.63) is 19.0 Å². The summed E-state index contributed by atoms with van der Waals surface area (Å²) in [5.41, 5.74) is 11.8. The standard InChI is InChI=1S/3C23H35N6O10PS/c3*1-6-35-21(31)25-8-7-22(2,3)19(30)41-10-9-36-40(33)37-11-13-15(39-40)23(4,32)18(38-13)29-12-26-14-16(29)27-20(24)28-17(14)34-5/h3*12-13,15,18,32H,6-11H2,1-5H3,(H,25,31)(H2,24,27,28)/t13-,15-,18-,23-,40?;13-,15-,18-,23-,40+;13-,15-,18-,23-,40-/m111/s1. The van der Waals surface area contributed by atoms with E-state index < -0.39 is 130 Å². The number of fused-ring (bicyclic) bond motifs is 6. The van der Waals surface area contributed by atoms with Crippen LogP contribution in [0.3, 0.4) is 0 Å². The van der Waals surface area contributed by atoms with Crippen molar-refractivity contribution in [1.82, 2.24) is 74.5 Å². The molecule has 6 aliphatic heterocycles. The number of thioether (sulfide) groups is 3. The Morgan fingerprint density at radius 2 is 0.715 bits per heavy atom. The van der Waals surface area contributed by atoms with Crippen LogP contribution in [0.5, 0.6) is 17.6 Å². The molecule has 0 aliphatic carbocycles. The summed E-state index contributed by atoms with van der Waals surface area (Å²) in [7, 11) is -8.01. The number of carbonyl (C=O) groups is 6. The fourth-order valence-electron chi connectivity index (χ4n) is 13.2. The van der Waals surface area contributed by atoms with E-state index in [0.29, 0.717) is 35.8 Å². The topological polar surface area (TPSA) is 625 Å². The number of nitrogens with zero attached hydrogens (tertiary/aromatic N) is 12. The summed E-state index contributed by atoms with van der Waals surface area (Å²) < 4.78 is 142. The van der Waals surface area contributed by atoms with Crippen LogP contribution in [0.4, 0.5) is 32.2 Å². The predicted molar refractivity (Wildman–Crippen MR) is 438 cm³/mol. The average Bonchev–Trinajstić information content (AvgIpc) is 1.59. The number of alkyl carbamates (subject to hydrolysis) is 3. The molecule has 6 fully saturated rings. The second-order valence-corrected chi connectivity index (χ2v) is 38.6. The van der Waals surface area contributed by atoms with E-state index in [1.165, 1.54) is 74.8 Å². The van der Waals surface area contributed by atoms with Gasteiger partial charge in [-0.15, -0.1) is 0 Å². The minimum Gasteiger partial charge on any atom is -0.479 e. The van der Waals surface area contributed by atoms with Gasteiger partial charge in [0.25, 0.3) is 0 Å². The van der Waals surface area contributed by atoms with E-state index in [2.05, 4.69) is 60.8 Å². The lowest BCUT2D eigenvalue weighted by Gasteiger charge is -2.35. The minimum atomic E-state index is -4.09. The van der Waals surface area contributed by atoms with Crippen LogP contribution in [0.15, 0.2) is 19.0 Å². The van der Waals surface area contributed by atoms with Gasteiger partial charge in [0.1, 0.15) is 53.4 Å². The highest BCUT2D eigenvalue weighted by atomic mass is 32.2. The molecular weight excluding hydrogens is 1750 g/mol. The smallest absolute Gasteiger partial charge is 0.475 e. The van der Waals surface area contributed by atoms with E-state index in [-0.39, 0.29) is 164 Å². The van der Waals surface area contributed by atoms with Crippen LogP contribution in [0.25, 0.3) is 33.5 Å². The molecule has 54 heteroatoms. The number of nitrogens with two attached hydrogens (primary N) is 3. The van der Waals surface area contributed by atoms with Crippen LogP contribution in [-0.2, 0) is 97.2 Å². The van der Waals surface area contributed by atoms with Crippen molar-refractivity contribution in [1.29, 1.82) is 0 Å². The van der Waals surface area contributed by atoms with Gasteiger partial charge in [-0.1, -0.05) is 76.8 Å². The van der Waals surface area contributed by atoms with Gasteiger partial charge in [-0.3, -0.25) is 68.8 Å². The third-order valence-electron chi connectivity index (χ3n) is 19.9. The van der Waals surface area contributed by atoms with E-state index in [0.717, 1.165) is 35.3 Å². The molecule has 12 heterocycles. The first-order valence-corrected chi connectivity index (χ1v) is 46.0. The molecule has 6 aromatic heterocycles. The first-order valence-electron chi connectivity index (χ1n) is 38.6. The number of nitrogens with one attached hydrogen (secondary N) is 3. The van der Waals surface area contributed by atoms with Gasteiger partial charge in [0.15, 0.2) is 67.5 Å². The quantitative estimate of drug-likeness (QED) is 0.0128. The first-order chi connectivity index (χ1) is 57.9. The van der Waals surface area contributed by atoms with Crippen molar-refractivity contribution in [2.24, 2.45) is 16.2 Å². The van der Waals surface area contributed by atoms with Gasteiger partial charge in [0.05, 0.1) is 99.8 Å². The number of hydrogen-bond acceptors (Lipinski definition) is 45. The van der Waals surface area contributed by atoms with Crippen molar-refractivity contribution in [2.75, 3.05) is 135 Å². The molecule has 1 unspecified atom stereocenters. The summed E-state index contributed by atoms with van der Waals surface area (Å²) in [6.45, 7) is 20.9. The Morgan fingerprint density at radius 3 is 0.951 bits per heavy atom. The number of ether oxygens (including phenoxy) is 9. The van der Waals surface area contributed by atoms with E-state index in [9.17, 15) is 57.8 Å². The second-order valence-electron chi connectivity index (χ2n) is 30.6. The number of hydrogen-bond donors (Lipinski definition) is 9. The van der Waals surface area contributed by atoms with Gasteiger partial charge >= 0.3 is 41.7 Å². The van der Waals surface area contributed by atoms with Gasteiger partial charge in [-0.2, -0.15) is 29.9 Å². The zero-order valence-electron chi connectivity index (χ0n) is 70.2. The summed E-state index contributed by atoms with van der Waals surface area (Å²) in [5, 5.41) is 41.8. The third kappa shape index (κ3) is 23.1. The van der Waals surface area contributed by atoms with Gasteiger partial charge in [0, 0.05) is 53.1 Å². The highest BCUT2D eigenvalue weighted by Gasteiger charge is 2.63. The summed E-state index contributed by atoms with van der Waals surface area (Å²) in [4.78, 5) is 110. The lowest BCUT2D eigenvalue weighted by Crippen LogP contribution is -2.47. The summed E-state index contributed by atoms with van der Waals surface area (Å²) in [5.74, 6) is 0.837. The molecule has 684 valence electrons. The second kappa shape index (κ2) is 40.6. The summed E-state index contributed by atoms with van der Waals surface area (Å²) in [6, 6.07) is 0. The number of phosphoric ester groups is 3. The van der Waals surface area contributed by atoms with Crippen molar-refractivity contribution in [3.63, 3.8) is 0 Å². The van der Waals surface area contributed by atoms with Crippen molar-refractivity contribution in [2.45, 2.75) is 174 Å². The number of nitrogen functional groups attached to an aromatic ring is 3. The molecule has 3 amide bonds. The number of aromatic nitrogens is 12. The molecule has 0 radical (unpaired) electrons. The number of rotatable bonds is 33. The number of carbonyl (C=O) groups excluding carboxylic acids is 6. The van der Waals surface area contributed by atoms with E-state index >= 15 is 0 Å². The zero-order valence-corrected chi connectivity index (χ0v) is 75.3. The fraction of sp³-hybridized carbons (Fsp3) is 0.696. The lowest BCUT2D eigenvalue weighted by atomic mass is 9.91. The molecule has 0 saturated carbocycles. The molecule has 123 heavy (non-hydrogen) atoms. The van der Waals surface area contributed by atoms with Crippen LogP contribution in [0.1, 0.15) is 121 Å². The largest absolute Gasteiger partial charge is 0.479 e. The SMILES string of the molecule is CCOC(=O)NCCC(C)(C)C(=O)SCCOP1(=O)OC[C@H]2O[C@@H](n3cnc4c(OC)nc(N)nc43)[C@](C)(O)[C@@H]2O1.CCOC(=O)NCCC(C)(C)C(=O)SCCO[P@@]1(=O)OC[C@H]2O[C@@H](n3cnc4c(OC)nc(N)nc43)[C@](C)(O)[C@@H]2O1.CCOC(=O)NCCC(C)(C)C(=O)SCCO[P@]1(=O)OC[C@H]2O[C@@H](n3cnc4c(OC)nc(N)nc43)[C@](C)(O)[C@@H]2O1.